The van der Waals surface area contributed by atoms with Gasteiger partial charge in [-0.3, -0.25) is 15.5 Å². The Labute approximate surface area is 169 Å². The first kappa shape index (κ1) is 19.1. The number of nitrogens with one attached hydrogen (secondary N) is 1. The normalized spacial score (nSPS) is 11.1. The second kappa shape index (κ2) is 7.89. The van der Waals surface area contributed by atoms with Crippen LogP contribution in [0, 0.1) is 24.0 Å². The van der Waals surface area contributed by atoms with Crippen molar-refractivity contribution in [3.8, 4) is 5.69 Å². The summed E-state index contributed by atoms with van der Waals surface area (Å²) in [7, 11) is 0. The Morgan fingerprint density at radius 2 is 2.11 bits per heavy atom. The molecule has 1 aromatic carbocycles. The van der Waals surface area contributed by atoms with Gasteiger partial charge in [-0.05, 0) is 60.1 Å². The fourth-order valence-electron chi connectivity index (χ4n) is 2.73. The van der Waals surface area contributed by atoms with Crippen LogP contribution in [0.25, 0.3) is 5.69 Å². The monoisotopic (exact) mass is 447 g/mol. The number of pyridine rings is 1. The van der Waals surface area contributed by atoms with Crippen LogP contribution in [0.4, 0.5) is 11.5 Å². The van der Waals surface area contributed by atoms with Crippen molar-refractivity contribution in [3.05, 3.63) is 79.2 Å². The summed E-state index contributed by atoms with van der Waals surface area (Å²) >= 11 is 9.60. The molecule has 2 aromatic heterocycles. The fourth-order valence-corrected chi connectivity index (χ4v) is 3.15. The van der Waals surface area contributed by atoms with Gasteiger partial charge < -0.3 is 4.57 Å². The van der Waals surface area contributed by atoms with Gasteiger partial charge in [0.25, 0.3) is 0 Å². The number of halogens is 2. The molecule has 0 spiro atoms. The third-order valence-corrected chi connectivity index (χ3v) is 5.22. The topological polar surface area (TPSA) is 85.3 Å². The summed E-state index contributed by atoms with van der Waals surface area (Å²) in [6.07, 6.45) is 3.08. The molecule has 27 heavy (non-hydrogen) atoms. The van der Waals surface area contributed by atoms with Crippen LogP contribution < -0.4 is 5.43 Å². The van der Waals surface area contributed by atoms with Crippen LogP contribution in [-0.4, -0.2) is 20.7 Å². The van der Waals surface area contributed by atoms with Gasteiger partial charge in [-0.1, -0.05) is 11.6 Å². The van der Waals surface area contributed by atoms with Crippen LogP contribution in [0.2, 0.25) is 5.02 Å². The van der Waals surface area contributed by atoms with E-state index in [0.29, 0.717) is 5.02 Å². The molecule has 0 aliphatic carbocycles. The van der Waals surface area contributed by atoms with E-state index in [1.165, 1.54) is 18.3 Å². The lowest BCUT2D eigenvalue weighted by atomic mass is 10.2. The van der Waals surface area contributed by atoms with Crippen LogP contribution in [-0.2, 0) is 0 Å². The lowest BCUT2D eigenvalue weighted by Crippen LogP contribution is -2.01. The van der Waals surface area contributed by atoms with Gasteiger partial charge in [0, 0.05) is 39.4 Å². The van der Waals surface area contributed by atoms with E-state index in [1.54, 1.807) is 6.21 Å². The number of aryl methyl sites for hydroxylation is 1. The number of nitrogens with zero attached hydrogens (tertiary/aromatic N) is 4. The van der Waals surface area contributed by atoms with Crippen LogP contribution in [0.1, 0.15) is 17.0 Å². The summed E-state index contributed by atoms with van der Waals surface area (Å²) in [6, 6.07) is 10.6. The molecule has 3 aromatic rings. The molecule has 0 atom stereocenters. The number of hydrogen-bond acceptors (Lipinski definition) is 5. The van der Waals surface area contributed by atoms with Gasteiger partial charge in [-0.25, -0.2) is 4.98 Å². The number of rotatable bonds is 5. The smallest absolute Gasteiger partial charge is 0.313 e. The minimum Gasteiger partial charge on any atom is -0.318 e. The van der Waals surface area contributed by atoms with Crippen molar-refractivity contribution in [1.82, 2.24) is 9.55 Å². The average molecular weight is 449 g/mol. The van der Waals surface area contributed by atoms with Crippen molar-refractivity contribution in [1.29, 1.82) is 0 Å². The van der Waals surface area contributed by atoms with Crippen molar-refractivity contribution in [2.75, 3.05) is 5.43 Å². The second-order valence-electron chi connectivity index (χ2n) is 5.76. The van der Waals surface area contributed by atoms with Gasteiger partial charge in [0.2, 0.25) is 5.82 Å². The summed E-state index contributed by atoms with van der Waals surface area (Å²) in [5.74, 6) is 0.0900. The molecule has 0 radical (unpaired) electrons. The van der Waals surface area contributed by atoms with Gasteiger partial charge >= 0.3 is 5.69 Å². The molecule has 7 nitrogen and oxygen atoms in total. The van der Waals surface area contributed by atoms with Crippen molar-refractivity contribution < 1.29 is 4.92 Å². The van der Waals surface area contributed by atoms with Crippen LogP contribution in [0.5, 0.6) is 0 Å². The van der Waals surface area contributed by atoms with E-state index < -0.39 is 4.92 Å². The molecule has 0 aliphatic heterocycles. The Morgan fingerprint density at radius 3 is 2.81 bits per heavy atom. The maximum Gasteiger partial charge on any atom is 0.313 e. The van der Waals surface area contributed by atoms with Crippen molar-refractivity contribution >= 4 is 45.3 Å². The van der Waals surface area contributed by atoms with E-state index in [9.17, 15) is 10.1 Å². The van der Waals surface area contributed by atoms with Crippen LogP contribution >= 0.6 is 27.5 Å². The summed E-state index contributed by atoms with van der Waals surface area (Å²) < 4.78 is 2.89. The highest BCUT2D eigenvalue weighted by Gasteiger charge is 2.14. The van der Waals surface area contributed by atoms with E-state index in [2.05, 4.69) is 36.0 Å². The molecule has 9 heteroatoms. The first-order valence-corrected chi connectivity index (χ1v) is 9.08. The fraction of sp³-hybridized carbons (Fsp3) is 0.111. The molecule has 0 saturated carbocycles. The Morgan fingerprint density at radius 1 is 1.33 bits per heavy atom. The molecule has 0 saturated heterocycles. The van der Waals surface area contributed by atoms with Gasteiger partial charge in [0.1, 0.15) is 0 Å². The predicted octanol–water partition coefficient (Wildman–Crippen LogP) is 5.26. The molecule has 1 N–H and O–H groups in total. The standard InChI is InChI=1S/C18H15BrClN5O2/c1-11-8-13(10-22-23-18-17(25(26)27)4-3-7-21-18)12(2)24(11)14-5-6-15(19)16(20)9-14/h3-10H,1-2H3,(H,21,23)/b22-10-. The van der Waals surface area contributed by atoms with Crippen molar-refractivity contribution in [2.24, 2.45) is 5.10 Å². The molecule has 0 unspecified atom stereocenters. The number of hydrazone groups is 1. The number of nitro groups is 1. The van der Waals surface area contributed by atoms with Gasteiger partial charge in [0.05, 0.1) is 16.2 Å². The third kappa shape index (κ3) is 4.01. The summed E-state index contributed by atoms with van der Waals surface area (Å²) in [4.78, 5) is 14.5. The molecule has 138 valence electrons. The minimum absolute atomic E-state index is 0.0900. The SMILES string of the molecule is Cc1cc(/C=N\Nc2ncccc2[N+](=O)[O-])c(C)n1-c1ccc(Br)c(Cl)c1. The summed E-state index contributed by atoms with van der Waals surface area (Å²) in [5, 5.41) is 15.8. The zero-order valence-electron chi connectivity index (χ0n) is 14.5. The summed E-state index contributed by atoms with van der Waals surface area (Å²) in [5.41, 5.74) is 6.29. The maximum absolute atomic E-state index is 11.0. The van der Waals surface area contributed by atoms with Gasteiger partial charge in [-0.15, -0.1) is 0 Å². The number of aromatic nitrogens is 2. The van der Waals surface area contributed by atoms with Crippen molar-refractivity contribution in [2.45, 2.75) is 13.8 Å². The predicted molar refractivity (Wildman–Crippen MR) is 110 cm³/mol. The number of benzene rings is 1. The molecule has 0 aliphatic rings. The van der Waals surface area contributed by atoms with Gasteiger partial charge in [0.15, 0.2) is 0 Å². The molecule has 0 bridgehead atoms. The van der Waals surface area contributed by atoms with E-state index in [-0.39, 0.29) is 11.5 Å². The van der Waals surface area contributed by atoms with Crippen molar-refractivity contribution in [3.63, 3.8) is 0 Å². The quantitative estimate of drug-likeness (QED) is 0.328. The van der Waals surface area contributed by atoms with E-state index in [4.69, 9.17) is 11.6 Å². The Hall–Kier alpha value is -2.71. The first-order chi connectivity index (χ1) is 12.9. The third-order valence-electron chi connectivity index (χ3n) is 3.99. The molecular formula is C18H15BrClN5O2. The highest BCUT2D eigenvalue weighted by Crippen LogP contribution is 2.27. The van der Waals surface area contributed by atoms with Crippen LogP contribution in [0.15, 0.2) is 52.2 Å². The Bertz CT molecular complexity index is 1050. The number of anilines is 1. The molecule has 2 heterocycles. The van der Waals surface area contributed by atoms with E-state index in [0.717, 1.165) is 27.1 Å². The summed E-state index contributed by atoms with van der Waals surface area (Å²) in [6.45, 7) is 3.95. The zero-order chi connectivity index (χ0) is 19.6. The van der Waals surface area contributed by atoms with Crippen LogP contribution in [0.3, 0.4) is 0 Å². The molecule has 3 rings (SSSR count). The zero-order valence-corrected chi connectivity index (χ0v) is 16.8. The van der Waals surface area contributed by atoms with E-state index in [1.807, 2.05) is 38.1 Å². The number of hydrogen-bond donors (Lipinski definition) is 1. The molecule has 0 fully saturated rings. The maximum atomic E-state index is 11.0. The first-order valence-electron chi connectivity index (χ1n) is 7.91. The Balaban J connectivity index is 1.88. The second-order valence-corrected chi connectivity index (χ2v) is 7.02. The largest absolute Gasteiger partial charge is 0.318 e. The molecular weight excluding hydrogens is 434 g/mol. The van der Waals surface area contributed by atoms with E-state index >= 15 is 0 Å². The minimum atomic E-state index is -0.506. The molecule has 0 amide bonds. The lowest BCUT2D eigenvalue weighted by Gasteiger charge is -2.10. The Kier molecular flexibility index (Phi) is 5.57. The highest BCUT2D eigenvalue weighted by molar-refractivity contribution is 9.10. The van der Waals surface area contributed by atoms with Gasteiger partial charge in [-0.2, -0.15) is 5.10 Å². The average Bonchev–Trinajstić information content (AvgIpc) is 2.91. The lowest BCUT2D eigenvalue weighted by molar-refractivity contribution is -0.384. The highest BCUT2D eigenvalue weighted by atomic mass is 79.9.